The van der Waals surface area contributed by atoms with E-state index in [0.29, 0.717) is 6.61 Å². The largest absolute Gasteiger partial charge is 0.391 e. The zero-order valence-corrected chi connectivity index (χ0v) is 7.97. The van der Waals surface area contributed by atoms with E-state index in [4.69, 9.17) is 4.74 Å². The molecule has 0 heterocycles. The van der Waals surface area contributed by atoms with Gasteiger partial charge in [0.2, 0.25) is 0 Å². The molecule has 0 bridgehead atoms. The molecular formula is C9H19NO2. The molecule has 0 aliphatic heterocycles. The summed E-state index contributed by atoms with van der Waals surface area (Å²) >= 11 is 0. The van der Waals surface area contributed by atoms with Gasteiger partial charge >= 0.3 is 0 Å². The zero-order valence-electron chi connectivity index (χ0n) is 7.97. The van der Waals surface area contributed by atoms with Crippen LogP contribution in [0.3, 0.4) is 0 Å². The van der Waals surface area contributed by atoms with Crippen LogP contribution in [0.4, 0.5) is 0 Å². The standard InChI is InChI=1S/C9H19NO2/c1-8(2)6-10-5-4-9(11)7-12-3/h9-11H,1,4-7H2,2-3H3. The van der Waals surface area contributed by atoms with Crippen LogP contribution in [0.1, 0.15) is 13.3 Å². The van der Waals surface area contributed by atoms with Crippen molar-refractivity contribution in [2.45, 2.75) is 19.4 Å². The Morgan fingerprint density at radius 2 is 2.33 bits per heavy atom. The number of hydrogen-bond acceptors (Lipinski definition) is 3. The molecular weight excluding hydrogens is 154 g/mol. The van der Waals surface area contributed by atoms with Gasteiger partial charge in [0, 0.05) is 13.7 Å². The minimum atomic E-state index is -0.354. The molecule has 1 atom stereocenters. The van der Waals surface area contributed by atoms with Gasteiger partial charge in [-0.1, -0.05) is 12.2 Å². The Morgan fingerprint density at radius 3 is 2.83 bits per heavy atom. The van der Waals surface area contributed by atoms with E-state index >= 15 is 0 Å². The highest BCUT2D eigenvalue weighted by Gasteiger charge is 2.01. The summed E-state index contributed by atoms with van der Waals surface area (Å²) in [5, 5.41) is 12.4. The number of aliphatic hydroxyl groups excluding tert-OH is 1. The Bertz CT molecular complexity index is 126. The lowest BCUT2D eigenvalue weighted by molar-refractivity contribution is 0.0596. The normalized spacial score (nSPS) is 12.9. The summed E-state index contributed by atoms with van der Waals surface area (Å²) in [5.41, 5.74) is 1.11. The molecule has 0 aromatic carbocycles. The van der Waals surface area contributed by atoms with Crippen LogP contribution < -0.4 is 5.32 Å². The summed E-state index contributed by atoms with van der Waals surface area (Å²) in [7, 11) is 1.59. The lowest BCUT2D eigenvalue weighted by Crippen LogP contribution is -2.24. The van der Waals surface area contributed by atoms with E-state index in [0.717, 1.165) is 25.1 Å². The topological polar surface area (TPSA) is 41.5 Å². The van der Waals surface area contributed by atoms with Crippen LogP contribution in [0, 0.1) is 0 Å². The molecule has 0 saturated heterocycles. The van der Waals surface area contributed by atoms with E-state index in [9.17, 15) is 5.11 Å². The first-order chi connectivity index (χ1) is 5.66. The van der Waals surface area contributed by atoms with E-state index in [1.165, 1.54) is 0 Å². The van der Waals surface area contributed by atoms with E-state index in [-0.39, 0.29) is 6.10 Å². The van der Waals surface area contributed by atoms with Gasteiger partial charge in [-0.05, 0) is 19.9 Å². The Labute approximate surface area is 74.4 Å². The molecule has 72 valence electrons. The molecule has 12 heavy (non-hydrogen) atoms. The third kappa shape index (κ3) is 7.72. The van der Waals surface area contributed by atoms with Gasteiger partial charge in [-0.25, -0.2) is 0 Å². The van der Waals surface area contributed by atoms with Crippen molar-refractivity contribution in [3.63, 3.8) is 0 Å². The Hall–Kier alpha value is -0.380. The predicted molar refractivity (Wildman–Crippen MR) is 50.2 cm³/mol. The van der Waals surface area contributed by atoms with Crippen molar-refractivity contribution in [2.24, 2.45) is 0 Å². The number of hydrogen-bond donors (Lipinski definition) is 2. The van der Waals surface area contributed by atoms with Crippen molar-refractivity contribution < 1.29 is 9.84 Å². The minimum absolute atomic E-state index is 0.354. The highest BCUT2D eigenvalue weighted by Crippen LogP contribution is 1.90. The quantitative estimate of drug-likeness (QED) is 0.436. The van der Waals surface area contributed by atoms with Crippen LogP contribution in [-0.4, -0.2) is 38.0 Å². The third-order valence-corrected chi connectivity index (χ3v) is 1.44. The highest BCUT2D eigenvalue weighted by molar-refractivity contribution is 4.90. The Balaban J connectivity index is 3.13. The van der Waals surface area contributed by atoms with Crippen LogP contribution in [0.2, 0.25) is 0 Å². The summed E-state index contributed by atoms with van der Waals surface area (Å²) in [6.45, 7) is 7.76. The van der Waals surface area contributed by atoms with E-state index in [1.807, 2.05) is 6.92 Å². The Morgan fingerprint density at radius 1 is 1.67 bits per heavy atom. The van der Waals surface area contributed by atoms with Crippen molar-refractivity contribution >= 4 is 0 Å². The van der Waals surface area contributed by atoms with E-state index in [2.05, 4.69) is 11.9 Å². The SMILES string of the molecule is C=C(C)CNCCC(O)COC. The van der Waals surface area contributed by atoms with Crippen molar-refractivity contribution in [2.75, 3.05) is 26.8 Å². The van der Waals surface area contributed by atoms with Crippen LogP contribution in [0.25, 0.3) is 0 Å². The van der Waals surface area contributed by atoms with Gasteiger partial charge in [0.15, 0.2) is 0 Å². The molecule has 3 nitrogen and oxygen atoms in total. The predicted octanol–water partition coefficient (Wildman–Crippen LogP) is 0.549. The molecule has 3 heteroatoms. The van der Waals surface area contributed by atoms with Crippen LogP contribution >= 0.6 is 0 Å². The van der Waals surface area contributed by atoms with Gasteiger partial charge in [0.05, 0.1) is 12.7 Å². The maximum atomic E-state index is 9.23. The maximum absolute atomic E-state index is 9.23. The monoisotopic (exact) mass is 173 g/mol. The maximum Gasteiger partial charge on any atom is 0.0785 e. The van der Waals surface area contributed by atoms with Crippen molar-refractivity contribution in [3.8, 4) is 0 Å². The first-order valence-electron chi connectivity index (χ1n) is 4.19. The molecule has 1 unspecified atom stereocenters. The summed E-state index contributed by atoms with van der Waals surface area (Å²) < 4.78 is 4.79. The molecule has 0 fully saturated rings. The molecule has 0 rings (SSSR count). The molecule has 0 aliphatic carbocycles. The smallest absolute Gasteiger partial charge is 0.0785 e. The van der Waals surface area contributed by atoms with E-state index in [1.54, 1.807) is 7.11 Å². The second kappa shape index (κ2) is 7.28. The van der Waals surface area contributed by atoms with Gasteiger partial charge < -0.3 is 15.2 Å². The summed E-state index contributed by atoms with van der Waals surface area (Å²) in [6, 6.07) is 0. The first-order valence-corrected chi connectivity index (χ1v) is 4.19. The third-order valence-electron chi connectivity index (χ3n) is 1.44. The van der Waals surface area contributed by atoms with Crippen LogP contribution in [0.15, 0.2) is 12.2 Å². The summed E-state index contributed by atoms with van der Waals surface area (Å²) in [5.74, 6) is 0. The second-order valence-electron chi connectivity index (χ2n) is 3.03. The molecule has 2 N–H and O–H groups in total. The average Bonchev–Trinajstić information content (AvgIpc) is 1.98. The number of methoxy groups -OCH3 is 1. The number of nitrogens with one attached hydrogen (secondary N) is 1. The van der Waals surface area contributed by atoms with Gasteiger partial charge in [-0.3, -0.25) is 0 Å². The first kappa shape index (κ1) is 11.6. The lowest BCUT2D eigenvalue weighted by atomic mass is 10.2. The molecule has 0 aromatic heterocycles. The molecule has 0 radical (unpaired) electrons. The molecule has 0 saturated carbocycles. The van der Waals surface area contributed by atoms with Gasteiger partial charge in [-0.2, -0.15) is 0 Å². The number of rotatable bonds is 7. The highest BCUT2D eigenvalue weighted by atomic mass is 16.5. The molecule has 0 amide bonds. The van der Waals surface area contributed by atoms with Crippen molar-refractivity contribution in [3.05, 3.63) is 12.2 Å². The fraction of sp³-hybridized carbons (Fsp3) is 0.778. The second-order valence-corrected chi connectivity index (χ2v) is 3.03. The van der Waals surface area contributed by atoms with E-state index < -0.39 is 0 Å². The van der Waals surface area contributed by atoms with Crippen molar-refractivity contribution in [1.82, 2.24) is 5.32 Å². The van der Waals surface area contributed by atoms with Crippen LogP contribution in [-0.2, 0) is 4.74 Å². The average molecular weight is 173 g/mol. The van der Waals surface area contributed by atoms with Gasteiger partial charge in [-0.15, -0.1) is 0 Å². The fourth-order valence-corrected chi connectivity index (χ4v) is 0.846. The number of ether oxygens (including phenoxy) is 1. The minimum Gasteiger partial charge on any atom is -0.391 e. The van der Waals surface area contributed by atoms with Crippen LogP contribution in [0.5, 0.6) is 0 Å². The molecule has 0 aromatic rings. The zero-order chi connectivity index (χ0) is 9.40. The number of aliphatic hydroxyl groups is 1. The fourth-order valence-electron chi connectivity index (χ4n) is 0.846. The van der Waals surface area contributed by atoms with Gasteiger partial charge in [0.1, 0.15) is 0 Å². The molecule has 0 aliphatic rings. The van der Waals surface area contributed by atoms with Crippen molar-refractivity contribution in [1.29, 1.82) is 0 Å². The Kier molecular flexibility index (Phi) is 7.05. The lowest BCUT2D eigenvalue weighted by Gasteiger charge is -2.09. The van der Waals surface area contributed by atoms with Gasteiger partial charge in [0.25, 0.3) is 0 Å². The summed E-state index contributed by atoms with van der Waals surface area (Å²) in [4.78, 5) is 0. The summed E-state index contributed by atoms with van der Waals surface area (Å²) in [6.07, 6.45) is 0.369. The molecule has 0 spiro atoms.